The summed E-state index contributed by atoms with van der Waals surface area (Å²) in [5.41, 5.74) is 12.2. The Hall–Kier alpha value is -4.83. The highest BCUT2D eigenvalue weighted by Crippen LogP contribution is 2.36. The van der Waals surface area contributed by atoms with Crippen LogP contribution in [0.2, 0.25) is 0 Å². The predicted molar refractivity (Wildman–Crippen MR) is 149 cm³/mol. The van der Waals surface area contributed by atoms with E-state index >= 15 is 0 Å². The number of nitrogens with one attached hydrogen (secondary N) is 1. The first-order valence-corrected chi connectivity index (χ1v) is 12.3. The van der Waals surface area contributed by atoms with E-state index in [-0.39, 0.29) is 6.47 Å². The van der Waals surface area contributed by atoms with E-state index in [9.17, 15) is 4.79 Å². The van der Waals surface area contributed by atoms with Gasteiger partial charge in [-0.2, -0.15) is 0 Å². The van der Waals surface area contributed by atoms with Crippen molar-refractivity contribution in [3.8, 4) is 27.4 Å². The third-order valence-corrected chi connectivity index (χ3v) is 6.62. The maximum atomic E-state index is 12.3. The van der Waals surface area contributed by atoms with Crippen LogP contribution in [0.3, 0.4) is 0 Å². The fourth-order valence-corrected chi connectivity index (χ4v) is 4.75. The molecule has 38 heavy (non-hydrogen) atoms. The Kier molecular flexibility index (Phi) is 7.93. The second-order valence-corrected chi connectivity index (χ2v) is 9.45. The molecule has 0 saturated heterocycles. The topological polar surface area (TPSA) is 140 Å². The number of carbonyl (C=O) groups excluding carboxylic acids is 1. The van der Waals surface area contributed by atoms with Gasteiger partial charge in [0, 0.05) is 28.9 Å². The molecule has 9 nitrogen and oxygen atoms in total. The number of methoxy groups -OCH3 is 1. The zero-order chi connectivity index (χ0) is 27.2. The minimum absolute atomic E-state index is 0.250. The van der Waals surface area contributed by atoms with Gasteiger partial charge in [0.2, 0.25) is 0 Å². The number of rotatable bonds is 6. The molecule has 0 atom stereocenters. The van der Waals surface area contributed by atoms with Gasteiger partial charge in [-0.3, -0.25) is 14.6 Å². The van der Waals surface area contributed by atoms with Gasteiger partial charge in [0.15, 0.2) is 0 Å². The number of nitrogens with zero attached hydrogens (tertiary/aromatic N) is 3. The summed E-state index contributed by atoms with van der Waals surface area (Å²) in [7, 11) is 1.61. The summed E-state index contributed by atoms with van der Waals surface area (Å²) in [6, 6.07) is 19.8. The van der Waals surface area contributed by atoms with Crippen LogP contribution >= 0.6 is 11.3 Å². The molecule has 5 aromatic rings. The fourth-order valence-electron chi connectivity index (χ4n) is 4.06. The average molecular weight is 528 g/mol. The standard InChI is InChI=1S/C27H23N5O2S.CH2O2/c1-15-10-19(17-6-4-7-18(11-17)27-32-31-16(2)35-27)12-22-24(15)29-14-23(26(28)33)25(22)30-20-8-5-9-21(13-20)34-3;2-1-3/h4-14H,1-3H3,(H2,28,33)(H,29,30);1H,(H,2,3). The van der Waals surface area contributed by atoms with Crippen molar-refractivity contribution >= 4 is 46.0 Å². The lowest BCUT2D eigenvalue weighted by molar-refractivity contribution is -0.122. The van der Waals surface area contributed by atoms with E-state index in [2.05, 4.69) is 38.7 Å². The molecule has 0 spiro atoms. The summed E-state index contributed by atoms with van der Waals surface area (Å²) in [6.45, 7) is 3.70. The smallest absolute Gasteiger partial charge is 0.290 e. The molecule has 3 aromatic carbocycles. The lowest BCUT2D eigenvalue weighted by Gasteiger charge is -2.16. The second kappa shape index (κ2) is 11.5. The lowest BCUT2D eigenvalue weighted by Crippen LogP contribution is -2.14. The number of pyridine rings is 1. The maximum Gasteiger partial charge on any atom is 0.290 e. The van der Waals surface area contributed by atoms with Crippen molar-refractivity contribution < 1.29 is 19.4 Å². The molecule has 0 aliphatic rings. The molecular formula is C28H25N5O4S. The summed E-state index contributed by atoms with van der Waals surface area (Å²) in [6.07, 6.45) is 1.53. The van der Waals surface area contributed by atoms with Gasteiger partial charge in [-0.25, -0.2) is 0 Å². The van der Waals surface area contributed by atoms with Gasteiger partial charge in [0.25, 0.3) is 12.4 Å². The number of anilines is 2. The van der Waals surface area contributed by atoms with Crippen LogP contribution < -0.4 is 15.8 Å². The van der Waals surface area contributed by atoms with Gasteiger partial charge in [-0.15, -0.1) is 10.2 Å². The molecule has 0 aliphatic heterocycles. The number of carboxylic acid groups (broad SMARTS) is 1. The van der Waals surface area contributed by atoms with Crippen LogP contribution in [0.1, 0.15) is 20.9 Å². The minimum Gasteiger partial charge on any atom is -0.497 e. The van der Waals surface area contributed by atoms with Crippen LogP contribution in [0.5, 0.6) is 5.75 Å². The molecule has 1 amide bonds. The van der Waals surface area contributed by atoms with Gasteiger partial charge >= 0.3 is 0 Å². The Morgan fingerprint density at radius 1 is 1.03 bits per heavy atom. The predicted octanol–water partition coefficient (Wildman–Crippen LogP) is 5.59. The van der Waals surface area contributed by atoms with Gasteiger partial charge < -0.3 is 20.9 Å². The van der Waals surface area contributed by atoms with Crippen LogP contribution in [0.4, 0.5) is 11.4 Å². The van der Waals surface area contributed by atoms with E-state index in [0.717, 1.165) is 48.9 Å². The number of aryl methyl sites for hydroxylation is 2. The van der Waals surface area contributed by atoms with Crippen molar-refractivity contribution in [3.05, 3.63) is 83.0 Å². The molecular weight excluding hydrogens is 502 g/mol. The molecule has 10 heteroatoms. The monoisotopic (exact) mass is 527 g/mol. The Morgan fingerprint density at radius 2 is 1.76 bits per heavy atom. The molecule has 0 saturated carbocycles. The highest BCUT2D eigenvalue weighted by Gasteiger charge is 2.17. The van der Waals surface area contributed by atoms with E-state index in [0.29, 0.717) is 17.0 Å². The molecule has 4 N–H and O–H groups in total. The Morgan fingerprint density at radius 3 is 2.45 bits per heavy atom. The van der Waals surface area contributed by atoms with Gasteiger partial charge in [0.05, 0.1) is 23.9 Å². The summed E-state index contributed by atoms with van der Waals surface area (Å²) in [5.74, 6) is 0.149. The van der Waals surface area contributed by atoms with Crippen molar-refractivity contribution in [1.29, 1.82) is 0 Å². The number of ether oxygens (including phenoxy) is 1. The van der Waals surface area contributed by atoms with Crippen molar-refractivity contribution in [2.24, 2.45) is 5.73 Å². The molecule has 5 rings (SSSR count). The average Bonchev–Trinajstić information content (AvgIpc) is 3.35. The van der Waals surface area contributed by atoms with Gasteiger partial charge in [-0.1, -0.05) is 35.6 Å². The van der Waals surface area contributed by atoms with Crippen molar-refractivity contribution in [1.82, 2.24) is 15.2 Å². The molecule has 2 aromatic heterocycles. The first-order valence-electron chi connectivity index (χ1n) is 11.5. The summed E-state index contributed by atoms with van der Waals surface area (Å²) in [4.78, 5) is 25.2. The number of benzene rings is 3. The van der Waals surface area contributed by atoms with E-state index in [1.807, 2.05) is 56.3 Å². The van der Waals surface area contributed by atoms with Crippen LogP contribution in [0.15, 0.2) is 66.9 Å². The van der Waals surface area contributed by atoms with Crippen LogP contribution in [0, 0.1) is 13.8 Å². The Balaban J connectivity index is 0.00000107. The van der Waals surface area contributed by atoms with E-state index < -0.39 is 5.91 Å². The quantitative estimate of drug-likeness (QED) is 0.243. The summed E-state index contributed by atoms with van der Waals surface area (Å²) >= 11 is 1.56. The van der Waals surface area contributed by atoms with Crippen molar-refractivity contribution in [2.45, 2.75) is 13.8 Å². The third kappa shape index (κ3) is 5.60. The largest absolute Gasteiger partial charge is 0.497 e. The molecule has 0 bridgehead atoms. The maximum absolute atomic E-state index is 12.3. The van der Waals surface area contributed by atoms with Crippen molar-refractivity contribution in [2.75, 3.05) is 12.4 Å². The van der Waals surface area contributed by atoms with Gasteiger partial charge in [0.1, 0.15) is 15.8 Å². The van der Waals surface area contributed by atoms with Crippen LogP contribution in [0.25, 0.3) is 32.6 Å². The number of carbonyl (C=O) groups is 2. The van der Waals surface area contributed by atoms with Crippen LogP contribution in [-0.4, -0.2) is 39.8 Å². The molecule has 0 aliphatic carbocycles. The number of nitrogens with two attached hydrogens (primary N) is 1. The first-order chi connectivity index (χ1) is 18.3. The normalized spacial score (nSPS) is 10.4. The summed E-state index contributed by atoms with van der Waals surface area (Å²) < 4.78 is 5.35. The summed E-state index contributed by atoms with van der Waals surface area (Å²) in [5, 5.41) is 21.3. The van der Waals surface area contributed by atoms with E-state index in [1.165, 1.54) is 6.20 Å². The minimum atomic E-state index is -0.554. The Bertz CT molecular complexity index is 1630. The SMILES string of the molecule is COc1cccc(Nc2c(C(N)=O)cnc3c(C)cc(-c4cccc(-c5nnc(C)s5)c4)cc23)c1.O=CO. The number of fused-ring (bicyclic) bond motifs is 1. The second-order valence-electron chi connectivity index (χ2n) is 8.27. The van der Waals surface area contributed by atoms with Crippen LogP contribution in [-0.2, 0) is 4.79 Å². The highest BCUT2D eigenvalue weighted by molar-refractivity contribution is 7.14. The number of hydrogen-bond donors (Lipinski definition) is 3. The molecule has 192 valence electrons. The molecule has 2 heterocycles. The first kappa shape index (κ1) is 26.2. The van der Waals surface area contributed by atoms with Crippen molar-refractivity contribution in [3.63, 3.8) is 0 Å². The molecule has 0 fully saturated rings. The molecule has 0 radical (unpaired) electrons. The zero-order valence-corrected chi connectivity index (χ0v) is 21.7. The number of primary amides is 1. The van der Waals surface area contributed by atoms with E-state index in [4.69, 9.17) is 20.4 Å². The number of amides is 1. The third-order valence-electron chi connectivity index (χ3n) is 5.74. The zero-order valence-electron chi connectivity index (χ0n) is 20.9. The Labute approximate surface area is 223 Å². The molecule has 0 unspecified atom stereocenters. The van der Waals surface area contributed by atoms with Gasteiger partial charge in [-0.05, 0) is 60.9 Å². The number of hydrogen-bond acceptors (Lipinski definition) is 8. The van der Waals surface area contributed by atoms with E-state index in [1.54, 1.807) is 18.4 Å². The lowest BCUT2D eigenvalue weighted by atomic mass is 9.97. The number of aromatic nitrogens is 3. The highest BCUT2D eigenvalue weighted by atomic mass is 32.1. The fraction of sp³-hybridized carbons (Fsp3) is 0.107.